The Morgan fingerprint density at radius 2 is 1.88 bits per heavy atom. The van der Waals surface area contributed by atoms with Crippen molar-refractivity contribution >= 4 is 11.7 Å². The third-order valence-electron chi connectivity index (χ3n) is 2.20. The normalized spacial score (nSPS) is 12.5. The molecule has 1 atom stereocenters. The van der Waals surface area contributed by atoms with Crippen LogP contribution in [0.25, 0.3) is 0 Å². The minimum absolute atomic E-state index is 0.442. The maximum Gasteiger partial charge on any atom is 0.330 e. The molecule has 1 aromatic carbocycles. The largest absolute Gasteiger partial charge is 0.480 e. The highest BCUT2D eigenvalue weighted by Gasteiger charge is 2.26. The summed E-state index contributed by atoms with van der Waals surface area (Å²) in [5.74, 6) is -1.06. The number of benzene rings is 1. The molecule has 1 unspecified atom stereocenters. The van der Waals surface area contributed by atoms with E-state index in [4.69, 9.17) is 10.2 Å². The molecule has 0 heterocycles. The number of hydrogen-bond acceptors (Lipinski definition) is 4. The standard InChI is InChI=1S/C11H16N2O3/c1-12(2)13(10(8-14)11(15)16)9-6-4-3-5-7-9/h3-7,10,14H,8H2,1-2H3,(H,15,16). The molecule has 0 spiro atoms. The van der Waals surface area contributed by atoms with Gasteiger partial charge >= 0.3 is 5.97 Å². The molecule has 2 N–H and O–H groups in total. The van der Waals surface area contributed by atoms with E-state index < -0.39 is 18.6 Å². The predicted octanol–water partition coefficient (Wildman–Crippen LogP) is 0.415. The van der Waals surface area contributed by atoms with Gasteiger partial charge in [0.1, 0.15) is 0 Å². The van der Waals surface area contributed by atoms with Gasteiger partial charge in [0.2, 0.25) is 0 Å². The predicted molar refractivity (Wildman–Crippen MR) is 61.1 cm³/mol. The van der Waals surface area contributed by atoms with Crippen LogP contribution in [0.4, 0.5) is 5.69 Å². The maximum absolute atomic E-state index is 11.0. The Bertz CT molecular complexity index is 340. The summed E-state index contributed by atoms with van der Waals surface area (Å²) in [6.07, 6.45) is 0. The van der Waals surface area contributed by atoms with Gasteiger partial charge in [-0.15, -0.1) is 0 Å². The van der Waals surface area contributed by atoms with Crippen LogP contribution in [0.15, 0.2) is 30.3 Å². The number of para-hydroxylation sites is 1. The van der Waals surface area contributed by atoms with Crippen LogP contribution in [0, 0.1) is 0 Å². The van der Waals surface area contributed by atoms with E-state index in [0.29, 0.717) is 0 Å². The molecule has 0 aliphatic rings. The molecule has 0 bridgehead atoms. The van der Waals surface area contributed by atoms with Crippen LogP contribution in [0.5, 0.6) is 0 Å². The van der Waals surface area contributed by atoms with Crippen LogP contribution >= 0.6 is 0 Å². The second kappa shape index (κ2) is 5.48. The molecule has 5 nitrogen and oxygen atoms in total. The number of hydrazine groups is 1. The molecule has 0 saturated carbocycles. The molecule has 0 fully saturated rings. The molecule has 0 aliphatic carbocycles. The molecule has 1 aromatic rings. The van der Waals surface area contributed by atoms with E-state index in [-0.39, 0.29) is 0 Å². The lowest BCUT2D eigenvalue weighted by Gasteiger charge is -2.35. The Hall–Kier alpha value is -1.59. The van der Waals surface area contributed by atoms with Crippen LogP contribution in [0.1, 0.15) is 0 Å². The van der Waals surface area contributed by atoms with Crippen LogP contribution in [0.2, 0.25) is 0 Å². The first-order chi connectivity index (χ1) is 7.57. The summed E-state index contributed by atoms with van der Waals surface area (Å²) in [7, 11) is 3.47. The van der Waals surface area contributed by atoms with Crippen molar-refractivity contribution in [1.29, 1.82) is 0 Å². The van der Waals surface area contributed by atoms with E-state index in [1.165, 1.54) is 5.01 Å². The van der Waals surface area contributed by atoms with Crippen molar-refractivity contribution in [3.63, 3.8) is 0 Å². The van der Waals surface area contributed by atoms with Gasteiger partial charge in [-0.05, 0) is 12.1 Å². The highest BCUT2D eigenvalue weighted by Crippen LogP contribution is 2.17. The Morgan fingerprint density at radius 3 is 2.25 bits per heavy atom. The number of carboxylic acids is 1. The molecule has 0 aliphatic heterocycles. The zero-order chi connectivity index (χ0) is 12.1. The molecule has 0 radical (unpaired) electrons. The lowest BCUT2D eigenvalue weighted by molar-refractivity contribution is -0.140. The molecule has 1 rings (SSSR count). The Balaban J connectivity index is 3.04. The molecule has 88 valence electrons. The number of aliphatic hydroxyl groups excluding tert-OH is 1. The Kier molecular flexibility index (Phi) is 4.28. The highest BCUT2D eigenvalue weighted by molar-refractivity contribution is 5.78. The number of nitrogens with zero attached hydrogens (tertiary/aromatic N) is 2. The topological polar surface area (TPSA) is 64.0 Å². The van der Waals surface area contributed by atoms with E-state index >= 15 is 0 Å². The van der Waals surface area contributed by atoms with Gasteiger partial charge in [-0.1, -0.05) is 18.2 Å². The monoisotopic (exact) mass is 224 g/mol. The number of hydrogen-bond donors (Lipinski definition) is 2. The zero-order valence-electron chi connectivity index (χ0n) is 9.37. The summed E-state index contributed by atoms with van der Waals surface area (Å²) in [5.41, 5.74) is 0.731. The van der Waals surface area contributed by atoms with Crippen LogP contribution in [-0.4, -0.2) is 47.9 Å². The molecular formula is C11H16N2O3. The lowest BCUT2D eigenvalue weighted by Crippen LogP contribution is -2.51. The number of carbonyl (C=O) groups is 1. The molecule has 16 heavy (non-hydrogen) atoms. The zero-order valence-corrected chi connectivity index (χ0v) is 9.37. The second-order valence-corrected chi connectivity index (χ2v) is 3.56. The number of aliphatic carboxylic acids is 1. The molecule has 0 amide bonds. The number of aliphatic hydroxyl groups is 1. The summed E-state index contributed by atoms with van der Waals surface area (Å²) in [6.45, 7) is -0.442. The van der Waals surface area contributed by atoms with E-state index in [1.54, 1.807) is 31.2 Å². The fourth-order valence-corrected chi connectivity index (χ4v) is 1.53. The average Bonchev–Trinajstić information content (AvgIpc) is 2.25. The van der Waals surface area contributed by atoms with E-state index in [1.807, 2.05) is 18.2 Å². The Morgan fingerprint density at radius 1 is 1.31 bits per heavy atom. The second-order valence-electron chi connectivity index (χ2n) is 3.56. The smallest absolute Gasteiger partial charge is 0.330 e. The lowest BCUT2D eigenvalue weighted by atomic mass is 10.2. The maximum atomic E-state index is 11.0. The average molecular weight is 224 g/mol. The van der Waals surface area contributed by atoms with Gasteiger partial charge < -0.3 is 10.2 Å². The van der Waals surface area contributed by atoms with Crippen molar-refractivity contribution in [2.24, 2.45) is 0 Å². The van der Waals surface area contributed by atoms with Crippen molar-refractivity contribution < 1.29 is 15.0 Å². The molecule has 0 saturated heterocycles. The fourth-order valence-electron chi connectivity index (χ4n) is 1.53. The van der Waals surface area contributed by atoms with Gasteiger partial charge in [0.05, 0.1) is 12.3 Å². The quantitative estimate of drug-likeness (QED) is 0.709. The minimum Gasteiger partial charge on any atom is -0.480 e. The van der Waals surface area contributed by atoms with Gasteiger partial charge in [0.15, 0.2) is 6.04 Å². The summed E-state index contributed by atoms with van der Waals surface area (Å²) in [4.78, 5) is 11.0. The van der Waals surface area contributed by atoms with E-state index in [2.05, 4.69) is 0 Å². The van der Waals surface area contributed by atoms with Crippen molar-refractivity contribution in [2.45, 2.75) is 6.04 Å². The highest BCUT2D eigenvalue weighted by atomic mass is 16.4. The Labute approximate surface area is 94.5 Å². The summed E-state index contributed by atoms with van der Waals surface area (Å²) < 4.78 is 0. The fraction of sp³-hybridized carbons (Fsp3) is 0.364. The van der Waals surface area contributed by atoms with E-state index in [9.17, 15) is 4.79 Å². The van der Waals surface area contributed by atoms with Crippen molar-refractivity contribution in [3.05, 3.63) is 30.3 Å². The first kappa shape index (κ1) is 12.5. The van der Waals surface area contributed by atoms with Crippen molar-refractivity contribution in [3.8, 4) is 0 Å². The van der Waals surface area contributed by atoms with Gasteiger partial charge in [-0.2, -0.15) is 0 Å². The summed E-state index contributed by atoms with van der Waals surface area (Å²) in [6, 6.07) is 8.12. The SMILES string of the molecule is CN(C)N(c1ccccc1)C(CO)C(=O)O. The van der Waals surface area contributed by atoms with Gasteiger partial charge in [-0.3, -0.25) is 5.01 Å². The summed E-state index contributed by atoms with van der Waals surface area (Å²) in [5, 5.41) is 21.3. The third kappa shape index (κ3) is 2.71. The van der Waals surface area contributed by atoms with Gasteiger partial charge in [0, 0.05) is 14.1 Å². The third-order valence-corrected chi connectivity index (χ3v) is 2.20. The van der Waals surface area contributed by atoms with Crippen LogP contribution in [0.3, 0.4) is 0 Å². The first-order valence-electron chi connectivity index (χ1n) is 4.93. The molecule has 0 aromatic heterocycles. The van der Waals surface area contributed by atoms with E-state index in [0.717, 1.165) is 5.69 Å². The van der Waals surface area contributed by atoms with Gasteiger partial charge in [0.25, 0.3) is 0 Å². The number of rotatable bonds is 5. The molecular weight excluding hydrogens is 208 g/mol. The minimum atomic E-state index is -1.06. The van der Waals surface area contributed by atoms with Gasteiger partial charge in [-0.25, -0.2) is 9.80 Å². The van der Waals surface area contributed by atoms with Crippen molar-refractivity contribution in [1.82, 2.24) is 5.01 Å². The summed E-state index contributed by atoms with van der Waals surface area (Å²) >= 11 is 0. The number of anilines is 1. The van der Waals surface area contributed by atoms with Crippen molar-refractivity contribution in [2.75, 3.05) is 25.7 Å². The molecule has 5 heteroatoms. The first-order valence-corrected chi connectivity index (χ1v) is 4.93. The van der Waals surface area contributed by atoms with Crippen LogP contribution < -0.4 is 5.01 Å². The van der Waals surface area contributed by atoms with Crippen LogP contribution in [-0.2, 0) is 4.79 Å². The number of carboxylic acid groups (broad SMARTS) is 1.